The monoisotopic (exact) mass is 335 g/mol. The third kappa shape index (κ3) is 5.28. The number of para-hydroxylation sites is 1. The van der Waals surface area contributed by atoms with Crippen molar-refractivity contribution in [2.24, 2.45) is 0 Å². The number of nitrogens with one attached hydrogen (secondary N) is 1. The average Bonchev–Trinajstić information content (AvgIpc) is 2.54. The van der Waals surface area contributed by atoms with Crippen LogP contribution in [-0.2, 0) is 4.79 Å². The Bertz CT molecular complexity index is 607. The van der Waals surface area contributed by atoms with Gasteiger partial charge < -0.3 is 10.1 Å². The number of rotatable bonds is 7. The quantitative estimate of drug-likeness (QED) is 0.613. The molecule has 2 rings (SSSR count). The zero-order valence-corrected chi connectivity index (χ0v) is 13.9. The lowest BCUT2D eigenvalue weighted by atomic mass is 10.3. The van der Waals surface area contributed by atoms with Gasteiger partial charge in [0.2, 0.25) is 5.91 Å². The lowest BCUT2D eigenvalue weighted by Gasteiger charge is -2.13. The van der Waals surface area contributed by atoms with E-state index in [1.807, 2.05) is 61.5 Å². The topological polar surface area (TPSA) is 38.3 Å². The first-order chi connectivity index (χ1) is 10.7. The van der Waals surface area contributed by atoms with Gasteiger partial charge in [0.05, 0.1) is 16.8 Å². The van der Waals surface area contributed by atoms with E-state index < -0.39 is 0 Å². The van der Waals surface area contributed by atoms with Gasteiger partial charge in [0.1, 0.15) is 12.4 Å². The molecule has 1 unspecified atom stereocenters. The molecule has 22 heavy (non-hydrogen) atoms. The van der Waals surface area contributed by atoms with Crippen LogP contribution in [0.3, 0.4) is 0 Å². The zero-order valence-electron chi connectivity index (χ0n) is 12.3. The molecule has 1 N–H and O–H groups in total. The van der Waals surface area contributed by atoms with E-state index in [9.17, 15) is 4.79 Å². The molecule has 0 heterocycles. The summed E-state index contributed by atoms with van der Waals surface area (Å²) in [4.78, 5) is 12.9. The molecule has 2 aromatic rings. The molecule has 3 nitrogen and oxygen atoms in total. The molecule has 0 spiro atoms. The van der Waals surface area contributed by atoms with Crippen LogP contribution in [0.2, 0.25) is 5.02 Å². The highest BCUT2D eigenvalue weighted by molar-refractivity contribution is 8.00. The van der Waals surface area contributed by atoms with E-state index in [1.54, 1.807) is 0 Å². The Morgan fingerprint density at radius 3 is 2.59 bits per heavy atom. The van der Waals surface area contributed by atoms with Crippen LogP contribution >= 0.6 is 23.4 Å². The van der Waals surface area contributed by atoms with Gasteiger partial charge in [-0.3, -0.25) is 4.79 Å². The smallest absolute Gasteiger partial charge is 0.233 e. The highest BCUT2D eigenvalue weighted by Gasteiger charge is 2.15. The van der Waals surface area contributed by atoms with Crippen LogP contribution in [-0.4, -0.2) is 24.3 Å². The average molecular weight is 336 g/mol. The Morgan fingerprint density at radius 1 is 1.18 bits per heavy atom. The van der Waals surface area contributed by atoms with Crippen LogP contribution in [0.5, 0.6) is 5.75 Å². The summed E-state index contributed by atoms with van der Waals surface area (Å²) in [6, 6.07) is 17.0. The maximum absolute atomic E-state index is 12.0. The predicted octanol–water partition coefficient (Wildman–Crippen LogP) is 4.02. The fourth-order valence-electron chi connectivity index (χ4n) is 1.79. The summed E-state index contributed by atoms with van der Waals surface area (Å²) in [6.07, 6.45) is 0. The SMILES string of the molecule is CC(Sc1ccccc1Cl)C(=O)NCCOc1ccccc1. The number of benzene rings is 2. The maximum atomic E-state index is 12.0. The molecule has 5 heteroatoms. The van der Waals surface area contributed by atoms with Crippen molar-refractivity contribution in [1.82, 2.24) is 5.32 Å². The zero-order chi connectivity index (χ0) is 15.8. The lowest BCUT2D eigenvalue weighted by molar-refractivity contribution is -0.120. The minimum absolute atomic E-state index is 0.0263. The second kappa shape index (κ2) is 8.71. The van der Waals surface area contributed by atoms with Gasteiger partial charge in [-0.05, 0) is 31.2 Å². The van der Waals surface area contributed by atoms with Crippen LogP contribution in [0.1, 0.15) is 6.92 Å². The van der Waals surface area contributed by atoms with Gasteiger partial charge in [-0.25, -0.2) is 0 Å². The van der Waals surface area contributed by atoms with E-state index in [0.29, 0.717) is 18.2 Å². The molecule has 0 fully saturated rings. The van der Waals surface area contributed by atoms with E-state index in [1.165, 1.54) is 11.8 Å². The molecule has 116 valence electrons. The van der Waals surface area contributed by atoms with Crippen molar-refractivity contribution in [1.29, 1.82) is 0 Å². The number of hydrogen-bond donors (Lipinski definition) is 1. The summed E-state index contributed by atoms with van der Waals surface area (Å²) in [7, 11) is 0. The standard InChI is InChI=1S/C17H18ClNO2S/c1-13(22-16-10-6-5-9-15(16)18)17(20)19-11-12-21-14-7-3-2-4-8-14/h2-10,13H,11-12H2,1H3,(H,19,20). The molecule has 1 atom stereocenters. The Labute approximate surface area is 140 Å². The van der Waals surface area contributed by atoms with E-state index in [2.05, 4.69) is 5.32 Å². The van der Waals surface area contributed by atoms with Crippen molar-refractivity contribution < 1.29 is 9.53 Å². The normalized spacial score (nSPS) is 11.7. The minimum Gasteiger partial charge on any atom is -0.492 e. The van der Waals surface area contributed by atoms with Gasteiger partial charge in [0.25, 0.3) is 0 Å². The van der Waals surface area contributed by atoms with Crippen LogP contribution in [0.15, 0.2) is 59.5 Å². The van der Waals surface area contributed by atoms with E-state index in [4.69, 9.17) is 16.3 Å². The summed E-state index contributed by atoms with van der Waals surface area (Å²) >= 11 is 7.54. The molecule has 0 saturated carbocycles. The third-order valence-corrected chi connectivity index (χ3v) is 4.54. The molecule has 0 aliphatic rings. The van der Waals surface area contributed by atoms with Gasteiger partial charge in [-0.2, -0.15) is 0 Å². The van der Waals surface area contributed by atoms with Crippen LogP contribution in [0.25, 0.3) is 0 Å². The molecule has 0 aliphatic carbocycles. The molecule has 0 aromatic heterocycles. The number of hydrogen-bond acceptors (Lipinski definition) is 3. The van der Waals surface area contributed by atoms with E-state index in [-0.39, 0.29) is 11.2 Å². The van der Waals surface area contributed by atoms with Crippen molar-refractivity contribution in [2.75, 3.05) is 13.2 Å². The fourth-order valence-corrected chi connectivity index (χ4v) is 2.97. The third-order valence-electron chi connectivity index (χ3n) is 2.92. The van der Waals surface area contributed by atoms with Gasteiger partial charge in [-0.1, -0.05) is 41.9 Å². The Morgan fingerprint density at radius 2 is 1.86 bits per heavy atom. The molecule has 2 aromatic carbocycles. The Hall–Kier alpha value is -1.65. The van der Waals surface area contributed by atoms with E-state index in [0.717, 1.165) is 10.6 Å². The molecule has 0 saturated heterocycles. The van der Waals surface area contributed by atoms with Crippen LogP contribution in [0.4, 0.5) is 0 Å². The Balaban J connectivity index is 1.71. The molecule has 0 radical (unpaired) electrons. The highest BCUT2D eigenvalue weighted by atomic mass is 35.5. The van der Waals surface area contributed by atoms with Crippen molar-refractivity contribution in [3.05, 3.63) is 59.6 Å². The Kier molecular flexibility index (Phi) is 6.62. The molecule has 0 aliphatic heterocycles. The maximum Gasteiger partial charge on any atom is 0.233 e. The molecule has 1 amide bonds. The van der Waals surface area contributed by atoms with Gasteiger partial charge in [-0.15, -0.1) is 11.8 Å². The first kappa shape index (κ1) is 16.7. The largest absolute Gasteiger partial charge is 0.492 e. The number of amides is 1. The van der Waals surface area contributed by atoms with Crippen molar-refractivity contribution in [2.45, 2.75) is 17.1 Å². The second-order valence-electron chi connectivity index (χ2n) is 4.64. The number of ether oxygens (including phenoxy) is 1. The van der Waals surface area contributed by atoms with Gasteiger partial charge >= 0.3 is 0 Å². The van der Waals surface area contributed by atoms with Crippen LogP contribution in [0, 0.1) is 0 Å². The summed E-state index contributed by atoms with van der Waals surface area (Å²) in [5.74, 6) is 0.775. The van der Waals surface area contributed by atoms with Gasteiger partial charge in [0.15, 0.2) is 0 Å². The second-order valence-corrected chi connectivity index (χ2v) is 6.43. The van der Waals surface area contributed by atoms with Crippen molar-refractivity contribution in [3.63, 3.8) is 0 Å². The number of carbonyl (C=O) groups excluding carboxylic acids is 1. The summed E-state index contributed by atoms with van der Waals surface area (Å²) in [5.41, 5.74) is 0. The lowest BCUT2D eigenvalue weighted by Crippen LogP contribution is -2.33. The van der Waals surface area contributed by atoms with Crippen molar-refractivity contribution in [3.8, 4) is 5.75 Å². The summed E-state index contributed by atoms with van der Waals surface area (Å²) in [6.45, 7) is 2.78. The first-order valence-electron chi connectivity index (χ1n) is 7.03. The first-order valence-corrected chi connectivity index (χ1v) is 8.29. The number of thioether (sulfide) groups is 1. The number of carbonyl (C=O) groups is 1. The molecule has 0 bridgehead atoms. The molecular formula is C17H18ClNO2S. The summed E-state index contributed by atoms with van der Waals surface area (Å²) < 4.78 is 5.53. The highest BCUT2D eigenvalue weighted by Crippen LogP contribution is 2.29. The summed E-state index contributed by atoms with van der Waals surface area (Å²) in [5, 5.41) is 3.32. The van der Waals surface area contributed by atoms with Crippen LogP contribution < -0.4 is 10.1 Å². The predicted molar refractivity (Wildman–Crippen MR) is 91.7 cm³/mol. The fraction of sp³-hybridized carbons (Fsp3) is 0.235. The van der Waals surface area contributed by atoms with Crippen molar-refractivity contribution >= 4 is 29.3 Å². The molecular weight excluding hydrogens is 318 g/mol. The van der Waals surface area contributed by atoms with E-state index >= 15 is 0 Å². The van der Waals surface area contributed by atoms with Gasteiger partial charge in [0, 0.05) is 4.90 Å². The number of halogens is 1. The minimum atomic E-state index is -0.211.